The fourth-order valence-electron chi connectivity index (χ4n) is 7.33. The van der Waals surface area contributed by atoms with Crippen molar-refractivity contribution in [1.82, 2.24) is 19.5 Å². The summed E-state index contributed by atoms with van der Waals surface area (Å²) in [5.41, 5.74) is 5.17. The van der Waals surface area contributed by atoms with Crippen molar-refractivity contribution in [1.29, 1.82) is 0 Å². The lowest BCUT2D eigenvalue weighted by Crippen LogP contribution is -2.04. The summed E-state index contributed by atoms with van der Waals surface area (Å²) in [4.78, 5) is 15.2. The molecular weight excluding hydrogens is 661 g/mol. The van der Waals surface area contributed by atoms with Gasteiger partial charge in [0.2, 0.25) is 0 Å². The van der Waals surface area contributed by atoms with Crippen LogP contribution in [0.2, 0.25) is 0 Å². The van der Waals surface area contributed by atoms with E-state index in [1.54, 1.807) is 6.07 Å². The number of hydrogen-bond donors (Lipinski definition) is 0. The molecule has 0 aliphatic carbocycles. The van der Waals surface area contributed by atoms with Crippen molar-refractivity contribution >= 4 is 54.5 Å². The van der Waals surface area contributed by atoms with Crippen LogP contribution >= 0.6 is 0 Å². The molecule has 0 fully saturated rings. The summed E-state index contributed by atoms with van der Waals surface area (Å²) in [6.07, 6.45) is 0. The van der Waals surface area contributed by atoms with Gasteiger partial charge in [-0.15, -0.1) is 0 Å². The Hall–Kier alpha value is -7.37. The van der Waals surface area contributed by atoms with Crippen molar-refractivity contribution in [2.75, 3.05) is 0 Å². The largest absolute Gasteiger partial charge is 0.456 e. The Kier molecular flexibility index (Phi) is 5.21. The van der Waals surface area contributed by atoms with E-state index in [0.717, 1.165) is 43.8 Å². The Morgan fingerprint density at radius 2 is 1.04 bits per heavy atom. The van der Waals surface area contributed by atoms with Gasteiger partial charge >= 0.3 is 0 Å². The SMILES string of the molecule is [2H]c1c([2H])c([2H])c2c(c1[2H])c1c([2H])c([2H])c([2H])c([2H])c1n2-c1ccc(-c2ccc3ccccc3c2)cc1-c1nc(-c2ccccc2)nc(-c2ccc3c(c2)oc2ccccc23)n1. The molecule has 0 saturated carbocycles. The summed E-state index contributed by atoms with van der Waals surface area (Å²) in [5.74, 6) is 0.917. The zero-order chi connectivity index (χ0) is 42.6. The normalized spacial score (nSPS) is 13.8. The molecule has 0 unspecified atom stereocenters. The summed E-state index contributed by atoms with van der Waals surface area (Å²) < 4.78 is 79.0. The Labute approximate surface area is 321 Å². The molecule has 5 heteroatoms. The predicted molar refractivity (Wildman–Crippen MR) is 221 cm³/mol. The average molecular weight is 699 g/mol. The summed E-state index contributed by atoms with van der Waals surface area (Å²) in [5, 5.41) is 3.96. The Bertz CT molecular complexity index is 3620. The van der Waals surface area contributed by atoms with Gasteiger partial charge in [-0.1, -0.05) is 133 Å². The third kappa shape index (κ3) is 4.90. The second kappa shape index (κ2) is 12.1. The molecule has 8 aromatic carbocycles. The van der Waals surface area contributed by atoms with Gasteiger partial charge in [0.15, 0.2) is 17.5 Å². The minimum atomic E-state index is -0.517. The minimum absolute atomic E-state index is 0.00870. The van der Waals surface area contributed by atoms with Gasteiger partial charge in [0.05, 0.1) is 27.7 Å². The fraction of sp³-hybridized carbons (Fsp3) is 0. The second-order valence-electron chi connectivity index (χ2n) is 13.1. The molecule has 0 radical (unpaired) electrons. The molecule has 0 aliphatic heterocycles. The standard InChI is InChI=1S/C49H30N4O/c1-2-13-32(14-3-1)47-50-48(36-24-26-40-39-18-8-11-21-45(39)54-46(40)30-36)52-49(51-47)41-29-35(34-23-22-31-12-4-5-15-33(31)28-34)25-27-44(41)53-42-19-9-6-16-37(42)38-17-7-10-20-43(38)53/h1-30H/i6D,7D,9D,10D,16D,17D,19D,20D. The third-order valence-corrected chi connectivity index (χ3v) is 9.90. The summed E-state index contributed by atoms with van der Waals surface area (Å²) >= 11 is 0. The molecule has 0 aliphatic rings. The summed E-state index contributed by atoms with van der Waals surface area (Å²) in [6.45, 7) is 0. The topological polar surface area (TPSA) is 56.7 Å². The predicted octanol–water partition coefficient (Wildman–Crippen LogP) is 12.7. The van der Waals surface area contributed by atoms with Crippen molar-refractivity contribution in [2.24, 2.45) is 0 Å². The lowest BCUT2D eigenvalue weighted by atomic mass is 9.98. The van der Waals surface area contributed by atoms with Crippen molar-refractivity contribution < 1.29 is 15.4 Å². The van der Waals surface area contributed by atoms with Crippen molar-refractivity contribution in [2.45, 2.75) is 0 Å². The zero-order valence-corrected chi connectivity index (χ0v) is 28.4. The highest BCUT2D eigenvalue weighted by Crippen LogP contribution is 2.39. The molecule has 54 heavy (non-hydrogen) atoms. The van der Waals surface area contributed by atoms with Gasteiger partial charge in [-0.3, -0.25) is 0 Å². The lowest BCUT2D eigenvalue weighted by Gasteiger charge is -2.16. The second-order valence-corrected chi connectivity index (χ2v) is 13.1. The van der Waals surface area contributed by atoms with Crippen LogP contribution in [0.4, 0.5) is 0 Å². The number of fused-ring (bicyclic) bond motifs is 7. The summed E-state index contributed by atoms with van der Waals surface area (Å²) in [6, 6.07) is 39.2. The monoisotopic (exact) mass is 698 g/mol. The number of benzene rings is 8. The number of hydrogen-bond acceptors (Lipinski definition) is 4. The maximum absolute atomic E-state index is 9.25. The van der Waals surface area contributed by atoms with Gasteiger partial charge in [0, 0.05) is 38.2 Å². The summed E-state index contributed by atoms with van der Waals surface area (Å²) in [7, 11) is 0. The van der Waals surface area contributed by atoms with E-state index < -0.39 is 48.3 Å². The van der Waals surface area contributed by atoms with Crippen LogP contribution in [0.3, 0.4) is 0 Å². The number of furan rings is 1. The molecule has 0 spiro atoms. The Morgan fingerprint density at radius 3 is 1.85 bits per heavy atom. The number of para-hydroxylation sites is 3. The first-order valence-corrected chi connectivity index (χ1v) is 17.5. The molecule has 0 saturated heterocycles. The quantitative estimate of drug-likeness (QED) is 0.180. The van der Waals surface area contributed by atoms with Crippen LogP contribution in [0, 0.1) is 0 Å². The molecule has 0 bridgehead atoms. The van der Waals surface area contributed by atoms with Gasteiger partial charge in [-0.25, -0.2) is 15.0 Å². The smallest absolute Gasteiger partial charge is 0.166 e. The van der Waals surface area contributed by atoms with Gasteiger partial charge in [0.1, 0.15) is 11.2 Å². The lowest BCUT2D eigenvalue weighted by molar-refractivity contribution is 0.669. The maximum atomic E-state index is 9.25. The van der Waals surface area contributed by atoms with Gasteiger partial charge in [-0.2, -0.15) is 0 Å². The van der Waals surface area contributed by atoms with E-state index in [0.29, 0.717) is 34.0 Å². The highest BCUT2D eigenvalue weighted by molar-refractivity contribution is 6.10. The van der Waals surface area contributed by atoms with E-state index in [9.17, 15) is 2.74 Å². The molecule has 0 atom stereocenters. The van der Waals surface area contributed by atoms with Crippen LogP contribution < -0.4 is 0 Å². The van der Waals surface area contributed by atoms with Crippen LogP contribution in [-0.2, 0) is 0 Å². The van der Waals surface area contributed by atoms with Crippen LogP contribution in [0.1, 0.15) is 11.0 Å². The van der Waals surface area contributed by atoms with E-state index in [1.165, 1.54) is 4.57 Å². The van der Waals surface area contributed by atoms with Crippen LogP contribution in [0.25, 0.3) is 105 Å². The molecule has 5 nitrogen and oxygen atoms in total. The van der Waals surface area contributed by atoms with E-state index >= 15 is 0 Å². The maximum Gasteiger partial charge on any atom is 0.166 e. The first-order valence-electron chi connectivity index (χ1n) is 21.5. The van der Waals surface area contributed by atoms with Gasteiger partial charge in [-0.05, 0) is 70.4 Å². The third-order valence-electron chi connectivity index (χ3n) is 9.90. The van der Waals surface area contributed by atoms with E-state index in [2.05, 4.69) is 6.07 Å². The molecule has 3 heterocycles. The fourth-order valence-corrected chi connectivity index (χ4v) is 7.33. The molecular formula is C49H30N4O. The molecule has 11 rings (SSSR count). The average Bonchev–Trinajstić information content (AvgIpc) is 3.87. The van der Waals surface area contributed by atoms with Gasteiger partial charge < -0.3 is 8.98 Å². The van der Waals surface area contributed by atoms with Crippen molar-refractivity contribution in [3.05, 3.63) is 182 Å². The van der Waals surface area contributed by atoms with E-state index in [4.69, 9.17) is 27.6 Å². The van der Waals surface area contributed by atoms with E-state index in [1.807, 2.05) is 121 Å². The molecule has 0 amide bonds. The van der Waals surface area contributed by atoms with Crippen LogP contribution in [0.15, 0.2) is 186 Å². The molecule has 3 aromatic heterocycles. The first-order chi connectivity index (χ1) is 30.1. The van der Waals surface area contributed by atoms with Crippen molar-refractivity contribution in [3.63, 3.8) is 0 Å². The number of rotatable bonds is 5. The number of aromatic nitrogens is 4. The zero-order valence-electron chi connectivity index (χ0n) is 36.4. The Balaban J connectivity index is 1.26. The van der Waals surface area contributed by atoms with E-state index in [-0.39, 0.29) is 27.6 Å². The minimum Gasteiger partial charge on any atom is -0.456 e. The number of nitrogens with zero attached hydrogens (tertiary/aromatic N) is 4. The van der Waals surface area contributed by atoms with Crippen molar-refractivity contribution in [3.8, 4) is 51.0 Å². The molecule has 11 aromatic rings. The van der Waals surface area contributed by atoms with Gasteiger partial charge in [0.25, 0.3) is 0 Å². The van der Waals surface area contributed by atoms with Crippen LogP contribution in [0.5, 0.6) is 0 Å². The highest BCUT2D eigenvalue weighted by Gasteiger charge is 2.21. The molecule has 0 N–H and O–H groups in total. The van der Waals surface area contributed by atoms with Crippen LogP contribution in [-0.4, -0.2) is 19.5 Å². The Morgan fingerprint density at radius 1 is 0.426 bits per heavy atom. The highest BCUT2D eigenvalue weighted by atomic mass is 16.3. The molecule has 252 valence electrons. The first kappa shape index (κ1) is 23.2.